The van der Waals surface area contributed by atoms with E-state index >= 15 is 0 Å². The smallest absolute Gasteiger partial charge is 0.306 e. The number of carbonyl (C=O) groups is 2. The number of aliphatic hydroxyl groups is 5. The fourth-order valence-electron chi connectivity index (χ4n) is 10.0. The quantitative estimate of drug-likeness (QED) is 0.0195. The van der Waals surface area contributed by atoms with Gasteiger partial charge in [0.25, 0.3) is 0 Å². The van der Waals surface area contributed by atoms with Gasteiger partial charge >= 0.3 is 5.97 Å². The Balaban J connectivity index is 2.61. The van der Waals surface area contributed by atoms with E-state index < -0.39 is 67.4 Å². The lowest BCUT2D eigenvalue weighted by Crippen LogP contribution is -2.61. The number of aliphatic hydroxyl groups excluding tert-OH is 5. The molecule has 1 aliphatic rings. The Hall–Kier alpha value is -1.86. The van der Waals surface area contributed by atoms with Crippen LogP contribution in [-0.4, -0.2) is 99.6 Å². The number of ether oxygens (including phenoxy) is 3. The van der Waals surface area contributed by atoms with Crippen molar-refractivity contribution in [1.82, 2.24) is 5.32 Å². The topological polar surface area (TPSA) is 175 Å². The van der Waals surface area contributed by atoms with Crippen LogP contribution < -0.4 is 5.32 Å². The van der Waals surface area contributed by atoms with Gasteiger partial charge in [0.1, 0.15) is 24.4 Å². The molecule has 1 heterocycles. The van der Waals surface area contributed by atoms with Crippen LogP contribution >= 0.6 is 0 Å². The van der Waals surface area contributed by atoms with Crippen molar-refractivity contribution in [2.24, 2.45) is 0 Å². The van der Waals surface area contributed by atoms with Crippen molar-refractivity contribution in [3.63, 3.8) is 0 Å². The van der Waals surface area contributed by atoms with Crippen LogP contribution in [0.1, 0.15) is 303 Å². The summed E-state index contributed by atoms with van der Waals surface area (Å²) >= 11 is 0. The molecule has 1 amide bonds. The first-order valence-electron chi connectivity index (χ1n) is 31.6. The minimum absolute atomic E-state index is 0.116. The highest BCUT2D eigenvalue weighted by molar-refractivity contribution is 5.80. The molecule has 11 nitrogen and oxygen atoms in total. The van der Waals surface area contributed by atoms with Crippen LogP contribution in [0.15, 0.2) is 24.3 Å². The first-order chi connectivity index (χ1) is 36.2. The Morgan fingerprint density at radius 3 is 1.35 bits per heavy atom. The van der Waals surface area contributed by atoms with Gasteiger partial charge < -0.3 is 45.1 Å². The Morgan fingerprint density at radius 2 is 0.905 bits per heavy atom. The van der Waals surface area contributed by atoms with Crippen LogP contribution in [0.3, 0.4) is 0 Å². The number of rotatable bonds is 54. The zero-order valence-corrected chi connectivity index (χ0v) is 48.2. The van der Waals surface area contributed by atoms with Gasteiger partial charge in [-0.3, -0.25) is 9.59 Å². The summed E-state index contributed by atoms with van der Waals surface area (Å²) in [6, 6.07) is -1.02. The van der Waals surface area contributed by atoms with E-state index in [9.17, 15) is 35.1 Å². The van der Waals surface area contributed by atoms with Crippen molar-refractivity contribution in [2.45, 2.75) is 352 Å². The van der Waals surface area contributed by atoms with Crippen LogP contribution in [0.2, 0.25) is 0 Å². The van der Waals surface area contributed by atoms with E-state index in [-0.39, 0.29) is 13.0 Å². The van der Waals surface area contributed by atoms with Gasteiger partial charge in [-0.05, 0) is 44.9 Å². The summed E-state index contributed by atoms with van der Waals surface area (Å²) in [5, 5.41) is 56.9. The number of unbranched alkanes of at least 4 members (excludes halogenated alkanes) is 38. The summed E-state index contributed by atoms with van der Waals surface area (Å²) in [7, 11) is 0. The highest BCUT2D eigenvalue weighted by Crippen LogP contribution is 2.26. The minimum atomic E-state index is -1.61. The van der Waals surface area contributed by atoms with E-state index in [4.69, 9.17) is 14.2 Å². The average molecular weight is 1050 g/mol. The molecule has 11 heteroatoms. The molecule has 8 unspecified atom stereocenters. The van der Waals surface area contributed by atoms with Crippen molar-refractivity contribution in [3.05, 3.63) is 24.3 Å². The van der Waals surface area contributed by atoms with Crippen LogP contribution in [0.5, 0.6) is 0 Å². The van der Waals surface area contributed by atoms with Gasteiger partial charge in [0, 0.05) is 6.42 Å². The summed E-state index contributed by atoms with van der Waals surface area (Å²) in [5.74, 6) is -1.19. The number of hydrogen-bond donors (Lipinski definition) is 6. The SMILES string of the molecule is CCCC/C=C\CCCCCCCC(=O)OC1C(OCC(NC(=O)C(O)CCCCCCCCCCCCCCCCCCCCCCCC)C(O)/C=C/CCCCCCCCCCCC)OC(CO)C(O)C1O. The molecule has 0 aliphatic carbocycles. The molecule has 436 valence electrons. The number of carbonyl (C=O) groups excluding carboxylic acids is 2. The third kappa shape index (κ3) is 39.5. The Morgan fingerprint density at radius 1 is 0.514 bits per heavy atom. The molecule has 1 aliphatic heterocycles. The summed E-state index contributed by atoms with van der Waals surface area (Å²) < 4.78 is 17.6. The normalized spacial score (nSPS) is 19.4. The zero-order valence-electron chi connectivity index (χ0n) is 48.2. The van der Waals surface area contributed by atoms with Crippen molar-refractivity contribution in [3.8, 4) is 0 Å². The standard InChI is InChI=1S/C63H119NO10/c1-4-7-10-13-16-19-22-24-25-26-27-28-29-30-31-32-33-36-38-41-44-47-50-56(67)62(71)64-54(55(66)49-46-43-40-37-35-23-20-17-14-11-8-5-2)53-72-63-61(60(70)59(69)57(52-65)73-63)74-58(68)51-48-45-42-39-34-21-18-15-12-9-6-3/h15,18,46,49,54-57,59-61,63,65-67,69-70H,4-14,16-17,19-45,47-48,50-53H2,1-3H3,(H,64,71)/b18-15-,49-46+. The lowest BCUT2D eigenvalue weighted by molar-refractivity contribution is -0.305. The van der Waals surface area contributed by atoms with Crippen molar-refractivity contribution >= 4 is 11.9 Å². The minimum Gasteiger partial charge on any atom is -0.454 e. The fourth-order valence-corrected chi connectivity index (χ4v) is 10.0. The Kier molecular flexibility index (Phi) is 49.2. The number of allylic oxidation sites excluding steroid dienone is 3. The predicted octanol–water partition coefficient (Wildman–Crippen LogP) is 14.9. The van der Waals surface area contributed by atoms with Crippen LogP contribution in [-0.2, 0) is 23.8 Å². The van der Waals surface area contributed by atoms with Gasteiger partial charge in [-0.15, -0.1) is 0 Å². The lowest BCUT2D eigenvalue weighted by atomic mass is 9.99. The molecule has 1 rings (SSSR count). The van der Waals surface area contributed by atoms with Crippen LogP contribution in [0.25, 0.3) is 0 Å². The van der Waals surface area contributed by atoms with Crippen LogP contribution in [0.4, 0.5) is 0 Å². The number of nitrogens with one attached hydrogen (secondary N) is 1. The number of hydrogen-bond acceptors (Lipinski definition) is 10. The Bertz CT molecular complexity index is 1300. The molecule has 0 radical (unpaired) electrons. The molecular weight excluding hydrogens is 931 g/mol. The summed E-state index contributed by atoms with van der Waals surface area (Å²) in [6.45, 7) is 5.76. The van der Waals surface area contributed by atoms with Gasteiger partial charge in [-0.25, -0.2) is 0 Å². The fraction of sp³-hybridized carbons (Fsp3) is 0.905. The maximum absolute atomic E-state index is 13.4. The van der Waals surface area contributed by atoms with Gasteiger partial charge in [-0.1, -0.05) is 276 Å². The van der Waals surface area contributed by atoms with E-state index in [1.807, 2.05) is 6.08 Å². The lowest BCUT2D eigenvalue weighted by Gasteiger charge is -2.41. The molecule has 1 saturated heterocycles. The first kappa shape index (κ1) is 70.2. The highest BCUT2D eigenvalue weighted by atomic mass is 16.7. The maximum atomic E-state index is 13.4. The Labute approximate surface area is 454 Å². The molecule has 8 atom stereocenters. The van der Waals surface area contributed by atoms with E-state index in [1.165, 1.54) is 180 Å². The average Bonchev–Trinajstić information content (AvgIpc) is 3.40. The number of amides is 1. The monoisotopic (exact) mass is 1050 g/mol. The molecule has 0 spiro atoms. The van der Waals surface area contributed by atoms with Crippen molar-refractivity contribution in [2.75, 3.05) is 13.2 Å². The molecule has 0 saturated carbocycles. The maximum Gasteiger partial charge on any atom is 0.306 e. The highest BCUT2D eigenvalue weighted by Gasteiger charge is 2.47. The van der Waals surface area contributed by atoms with Gasteiger partial charge in [0.2, 0.25) is 5.91 Å². The van der Waals surface area contributed by atoms with Crippen LogP contribution in [0, 0.1) is 0 Å². The summed E-state index contributed by atoms with van der Waals surface area (Å²) in [4.78, 5) is 26.5. The molecule has 0 aromatic heterocycles. The second kappa shape index (κ2) is 51.9. The number of esters is 1. The predicted molar refractivity (Wildman–Crippen MR) is 306 cm³/mol. The summed E-state index contributed by atoms with van der Waals surface area (Å²) in [6.07, 6.45) is 49.5. The van der Waals surface area contributed by atoms with Gasteiger partial charge in [0.05, 0.1) is 25.4 Å². The third-order valence-electron chi connectivity index (χ3n) is 15.1. The van der Waals surface area contributed by atoms with E-state index in [0.29, 0.717) is 19.3 Å². The van der Waals surface area contributed by atoms with Crippen molar-refractivity contribution in [1.29, 1.82) is 0 Å². The second-order valence-electron chi connectivity index (χ2n) is 22.1. The molecule has 0 aromatic rings. The molecule has 74 heavy (non-hydrogen) atoms. The third-order valence-corrected chi connectivity index (χ3v) is 15.1. The van der Waals surface area contributed by atoms with Gasteiger partial charge in [0.15, 0.2) is 12.4 Å². The van der Waals surface area contributed by atoms with Gasteiger partial charge in [-0.2, -0.15) is 0 Å². The molecule has 0 bridgehead atoms. The van der Waals surface area contributed by atoms with E-state index in [1.54, 1.807) is 6.08 Å². The molecule has 6 N–H and O–H groups in total. The summed E-state index contributed by atoms with van der Waals surface area (Å²) in [5.41, 5.74) is 0. The largest absolute Gasteiger partial charge is 0.454 e. The van der Waals surface area contributed by atoms with Crippen molar-refractivity contribution < 1.29 is 49.3 Å². The molecule has 1 fully saturated rings. The zero-order chi connectivity index (χ0) is 54.0. The van der Waals surface area contributed by atoms with E-state index in [2.05, 4.69) is 38.2 Å². The first-order valence-corrected chi connectivity index (χ1v) is 31.6. The second-order valence-corrected chi connectivity index (χ2v) is 22.1. The molecule has 0 aromatic carbocycles. The van der Waals surface area contributed by atoms with E-state index in [0.717, 1.165) is 77.0 Å². The molecular formula is C63H119NO10.